The minimum absolute atomic E-state index is 0.0780. The summed E-state index contributed by atoms with van der Waals surface area (Å²) < 4.78 is 48.1. The first-order valence-corrected chi connectivity index (χ1v) is 8.34. The van der Waals surface area contributed by atoms with Crippen molar-refractivity contribution in [2.75, 3.05) is 24.9 Å². The molecule has 2 amide bonds. The predicted octanol–water partition coefficient (Wildman–Crippen LogP) is 4.61. The maximum Gasteiger partial charge on any atom is 0.416 e. The molecule has 10 heteroatoms. The molecule has 0 saturated carbocycles. The lowest BCUT2D eigenvalue weighted by Crippen LogP contribution is -2.20. The number of rotatable bonds is 5. The van der Waals surface area contributed by atoms with Crippen LogP contribution in [0.4, 0.5) is 29.3 Å². The van der Waals surface area contributed by atoms with E-state index in [0.29, 0.717) is 11.3 Å². The first-order valence-electron chi connectivity index (χ1n) is 7.40. The Bertz CT molecular complexity index is 862. The standard InChI is InChI=1S/C17H15F3N2O4S/c1-25-14-5-4-11(17(18,19)20)7-12(14)21-16(24)22-13-9-27-8-10(13)3-6-15(23)26-2/h3-9H,1-2H3,(H2,21,22,24)/b6-3-. The van der Waals surface area contributed by atoms with Crippen LogP contribution in [0, 0.1) is 0 Å². The Morgan fingerprint density at radius 2 is 1.81 bits per heavy atom. The third kappa shape index (κ3) is 5.48. The maximum atomic E-state index is 12.9. The van der Waals surface area contributed by atoms with Crippen LogP contribution in [-0.4, -0.2) is 26.2 Å². The minimum Gasteiger partial charge on any atom is -0.495 e. The van der Waals surface area contributed by atoms with E-state index in [-0.39, 0.29) is 11.4 Å². The van der Waals surface area contributed by atoms with E-state index in [1.54, 1.807) is 10.8 Å². The molecule has 2 N–H and O–H groups in total. The van der Waals surface area contributed by atoms with Gasteiger partial charge in [-0.2, -0.15) is 13.2 Å². The van der Waals surface area contributed by atoms with Crippen LogP contribution in [0.1, 0.15) is 11.1 Å². The number of carbonyl (C=O) groups is 2. The first-order chi connectivity index (χ1) is 12.7. The van der Waals surface area contributed by atoms with Gasteiger partial charge in [0.1, 0.15) is 5.75 Å². The van der Waals surface area contributed by atoms with Crippen molar-refractivity contribution in [3.05, 3.63) is 46.2 Å². The summed E-state index contributed by atoms with van der Waals surface area (Å²) in [5.74, 6) is -0.486. The fraction of sp³-hybridized carbons (Fsp3) is 0.176. The van der Waals surface area contributed by atoms with Crippen LogP contribution in [0.3, 0.4) is 0 Å². The van der Waals surface area contributed by atoms with Crippen LogP contribution in [0.2, 0.25) is 0 Å². The highest BCUT2D eigenvalue weighted by molar-refractivity contribution is 7.08. The number of esters is 1. The molecule has 0 aliphatic heterocycles. The van der Waals surface area contributed by atoms with Gasteiger partial charge in [0, 0.05) is 22.4 Å². The highest BCUT2D eigenvalue weighted by Crippen LogP contribution is 2.35. The molecule has 27 heavy (non-hydrogen) atoms. The zero-order chi connectivity index (χ0) is 20.0. The number of ether oxygens (including phenoxy) is 2. The number of alkyl halides is 3. The molecule has 1 aromatic carbocycles. The molecular formula is C17H15F3N2O4S. The average molecular weight is 400 g/mol. The topological polar surface area (TPSA) is 76.7 Å². The summed E-state index contributed by atoms with van der Waals surface area (Å²) in [5.41, 5.74) is -0.136. The van der Waals surface area contributed by atoms with Crippen molar-refractivity contribution in [2.24, 2.45) is 0 Å². The van der Waals surface area contributed by atoms with Gasteiger partial charge >= 0.3 is 18.2 Å². The second kappa shape index (κ2) is 8.58. The monoisotopic (exact) mass is 400 g/mol. The average Bonchev–Trinajstić information content (AvgIpc) is 3.05. The van der Waals surface area contributed by atoms with E-state index in [1.807, 2.05) is 0 Å². The number of thiophene rings is 1. The van der Waals surface area contributed by atoms with Gasteiger partial charge in [0.05, 0.1) is 31.2 Å². The number of hydrogen-bond donors (Lipinski definition) is 2. The van der Waals surface area contributed by atoms with E-state index in [4.69, 9.17) is 4.74 Å². The SMILES string of the molecule is COC(=O)/C=C\c1cscc1NC(=O)Nc1cc(C(F)(F)F)ccc1OC. The zero-order valence-corrected chi connectivity index (χ0v) is 15.0. The van der Waals surface area contributed by atoms with E-state index in [0.717, 1.165) is 18.2 Å². The van der Waals surface area contributed by atoms with Crippen molar-refractivity contribution in [1.82, 2.24) is 0 Å². The third-order valence-electron chi connectivity index (χ3n) is 3.32. The van der Waals surface area contributed by atoms with Crippen LogP contribution >= 0.6 is 11.3 Å². The van der Waals surface area contributed by atoms with Gasteiger partial charge in [0.25, 0.3) is 0 Å². The number of benzene rings is 1. The van der Waals surface area contributed by atoms with Gasteiger partial charge in [-0.05, 0) is 24.3 Å². The largest absolute Gasteiger partial charge is 0.495 e. The molecule has 0 aliphatic carbocycles. The molecular weight excluding hydrogens is 385 g/mol. The lowest BCUT2D eigenvalue weighted by molar-refractivity contribution is -0.137. The fourth-order valence-corrected chi connectivity index (χ4v) is 2.77. The van der Waals surface area contributed by atoms with Gasteiger partial charge in [0.2, 0.25) is 0 Å². The molecule has 1 heterocycles. The number of halogens is 3. The van der Waals surface area contributed by atoms with Crippen molar-refractivity contribution in [3.63, 3.8) is 0 Å². The van der Waals surface area contributed by atoms with E-state index in [1.165, 1.54) is 37.7 Å². The Labute approximate surface area is 156 Å². The highest BCUT2D eigenvalue weighted by Gasteiger charge is 2.31. The van der Waals surface area contributed by atoms with Gasteiger partial charge in [-0.1, -0.05) is 0 Å². The first kappa shape index (κ1) is 20.3. The molecule has 0 unspecified atom stereocenters. The molecule has 0 spiro atoms. The van der Waals surface area contributed by atoms with E-state index in [2.05, 4.69) is 15.4 Å². The molecule has 144 valence electrons. The maximum absolute atomic E-state index is 12.9. The summed E-state index contributed by atoms with van der Waals surface area (Å²) >= 11 is 1.27. The van der Waals surface area contributed by atoms with Crippen molar-refractivity contribution in [2.45, 2.75) is 6.18 Å². The lowest BCUT2D eigenvalue weighted by Gasteiger charge is -2.14. The van der Waals surface area contributed by atoms with Crippen molar-refractivity contribution in [1.29, 1.82) is 0 Å². The fourth-order valence-electron chi connectivity index (χ4n) is 2.02. The van der Waals surface area contributed by atoms with Crippen LogP contribution < -0.4 is 15.4 Å². The zero-order valence-electron chi connectivity index (χ0n) is 14.2. The molecule has 2 aromatic rings. The second-order valence-corrected chi connectivity index (χ2v) is 5.83. The number of urea groups is 1. The van der Waals surface area contributed by atoms with E-state index < -0.39 is 23.7 Å². The molecule has 0 atom stereocenters. The number of methoxy groups -OCH3 is 2. The summed E-state index contributed by atoms with van der Waals surface area (Å²) in [4.78, 5) is 23.3. The smallest absolute Gasteiger partial charge is 0.416 e. The molecule has 0 radical (unpaired) electrons. The number of anilines is 2. The van der Waals surface area contributed by atoms with Crippen LogP contribution in [-0.2, 0) is 15.7 Å². The Balaban J connectivity index is 2.16. The Morgan fingerprint density at radius 1 is 1.11 bits per heavy atom. The second-order valence-electron chi connectivity index (χ2n) is 5.09. The lowest BCUT2D eigenvalue weighted by atomic mass is 10.2. The Hall–Kier alpha value is -3.01. The Kier molecular flexibility index (Phi) is 6.45. The predicted molar refractivity (Wildman–Crippen MR) is 96.0 cm³/mol. The molecule has 0 fully saturated rings. The molecule has 0 bridgehead atoms. The van der Waals surface area contributed by atoms with Crippen molar-refractivity contribution in [3.8, 4) is 5.75 Å². The number of hydrogen-bond acceptors (Lipinski definition) is 5. The van der Waals surface area contributed by atoms with Gasteiger partial charge in [-0.3, -0.25) is 0 Å². The van der Waals surface area contributed by atoms with E-state index in [9.17, 15) is 22.8 Å². The summed E-state index contributed by atoms with van der Waals surface area (Å²) in [5, 5.41) is 8.13. The molecule has 6 nitrogen and oxygen atoms in total. The summed E-state index contributed by atoms with van der Waals surface area (Å²) in [6, 6.07) is 1.99. The Morgan fingerprint density at radius 3 is 2.44 bits per heavy atom. The van der Waals surface area contributed by atoms with Crippen LogP contribution in [0.25, 0.3) is 6.08 Å². The van der Waals surface area contributed by atoms with Crippen molar-refractivity contribution >= 4 is 40.8 Å². The van der Waals surface area contributed by atoms with Crippen LogP contribution in [0.5, 0.6) is 5.75 Å². The minimum atomic E-state index is -4.56. The quantitative estimate of drug-likeness (QED) is 0.568. The summed E-state index contributed by atoms with van der Waals surface area (Å²) in [6.45, 7) is 0. The van der Waals surface area contributed by atoms with Gasteiger partial charge in [-0.25, -0.2) is 9.59 Å². The van der Waals surface area contributed by atoms with Gasteiger partial charge in [-0.15, -0.1) is 11.3 Å². The number of carbonyl (C=O) groups excluding carboxylic acids is 2. The summed E-state index contributed by atoms with van der Waals surface area (Å²) in [7, 11) is 2.51. The molecule has 0 saturated heterocycles. The van der Waals surface area contributed by atoms with Crippen molar-refractivity contribution < 1.29 is 32.2 Å². The number of nitrogens with one attached hydrogen (secondary N) is 2. The van der Waals surface area contributed by atoms with Gasteiger partial charge in [0.15, 0.2) is 0 Å². The van der Waals surface area contributed by atoms with E-state index >= 15 is 0 Å². The molecule has 2 rings (SSSR count). The number of amides is 2. The molecule has 1 aromatic heterocycles. The summed E-state index contributed by atoms with van der Waals surface area (Å²) in [6.07, 6.45) is -1.93. The van der Waals surface area contributed by atoms with Gasteiger partial charge < -0.3 is 20.1 Å². The van der Waals surface area contributed by atoms with Crippen LogP contribution in [0.15, 0.2) is 35.0 Å². The molecule has 0 aliphatic rings. The highest BCUT2D eigenvalue weighted by atomic mass is 32.1. The normalized spacial score (nSPS) is 11.3. The third-order valence-corrected chi connectivity index (χ3v) is 4.08.